The minimum absolute atomic E-state index is 0.0426. The molecule has 0 radical (unpaired) electrons. The minimum Gasteiger partial charge on any atom is -0.382 e. The molecule has 2 aromatic rings. The molecule has 0 unspecified atom stereocenters. The lowest BCUT2D eigenvalue weighted by Gasteiger charge is -2.11. The number of halogens is 2. The predicted molar refractivity (Wildman–Crippen MR) is 83.3 cm³/mol. The number of nitrogen functional groups attached to an aromatic ring is 1. The van der Waals surface area contributed by atoms with E-state index in [0.717, 1.165) is 16.2 Å². The largest absolute Gasteiger partial charge is 0.382 e. The first-order valence-electron chi connectivity index (χ1n) is 5.49. The van der Waals surface area contributed by atoms with Gasteiger partial charge in [0.15, 0.2) is 0 Å². The summed E-state index contributed by atoms with van der Waals surface area (Å²) in [4.78, 5) is 3.70. The van der Waals surface area contributed by atoms with E-state index in [2.05, 4.69) is 25.6 Å². The maximum Gasteiger partial charge on any atom is 0.263 e. The van der Waals surface area contributed by atoms with Crippen molar-refractivity contribution in [3.63, 3.8) is 0 Å². The number of rotatable bonds is 3. The van der Waals surface area contributed by atoms with Gasteiger partial charge in [-0.2, -0.15) is 0 Å². The van der Waals surface area contributed by atoms with E-state index in [-0.39, 0.29) is 15.7 Å². The maximum absolute atomic E-state index is 12.2. The van der Waals surface area contributed by atoms with Crippen LogP contribution >= 0.6 is 27.5 Å². The van der Waals surface area contributed by atoms with Crippen molar-refractivity contribution in [3.8, 4) is 0 Å². The zero-order valence-corrected chi connectivity index (χ0v) is 13.6. The summed E-state index contributed by atoms with van der Waals surface area (Å²) >= 11 is 9.11. The molecule has 0 spiro atoms. The number of hydrogen-bond acceptors (Lipinski definition) is 4. The predicted octanol–water partition coefficient (Wildman–Crippen LogP) is 3.19. The van der Waals surface area contributed by atoms with Crippen molar-refractivity contribution in [1.82, 2.24) is 4.98 Å². The van der Waals surface area contributed by atoms with E-state index in [4.69, 9.17) is 17.3 Å². The number of hydrogen-bond donors (Lipinski definition) is 2. The first-order valence-corrected chi connectivity index (χ1v) is 8.15. The number of aryl methyl sites for hydroxylation is 1. The van der Waals surface area contributed by atoms with Crippen LogP contribution in [0.3, 0.4) is 0 Å². The van der Waals surface area contributed by atoms with Crippen LogP contribution in [0.5, 0.6) is 0 Å². The second kappa shape index (κ2) is 5.59. The second-order valence-corrected chi connectivity index (χ2v) is 7.11. The van der Waals surface area contributed by atoms with Gasteiger partial charge in [-0.1, -0.05) is 27.5 Å². The molecule has 0 aliphatic heterocycles. The molecule has 20 heavy (non-hydrogen) atoms. The average Bonchev–Trinajstić information content (AvgIpc) is 2.36. The van der Waals surface area contributed by atoms with Crippen molar-refractivity contribution in [2.24, 2.45) is 0 Å². The summed E-state index contributed by atoms with van der Waals surface area (Å²) in [6.45, 7) is 1.80. The standard InChI is InChI=1S/C12H11BrClN3O2S/c1-7-4-8(13)2-3-11(7)17-20(18,19)9-5-10(14)12(15)16-6-9/h2-6,17H,1H3,(H2,15,16). The van der Waals surface area contributed by atoms with Gasteiger partial charge in [0.1, 0.15) is 10.7 Å². The molecular formula is C12H11BrClN3O2S. The van der Waals surface area contributed by atoms with Crippen molar-refractivity contribution in [2.75, 3.05) is 10.5 Å². The van der Waals surface area contributed by atoms with Gasteiger partial charge in [0.25, 0.3) is 10.0 Å². The Hall–Kier alpha value is -1.31. The number of aromatic nitrogens is 1. The van der Waals surface area contributed by atoms with Crippen LogP contribution in [-0.4, -0.2) is 13.4 Å². The van der Waals surface area contributed by atoms with Gasteiger partial charge < -0.3 is 5.73 Å². The summed E-state index contributed by atoms with van der Waals surface area (Å²) in [5.74, 6) is 0.0884. The van der Waals surface area contributed by atoms with Crippen LogP contribution in [0.1, 0.15) is 5.56 Å². The van der Waals surface area contributed by atoms with Gasteiger partial charge in [0.2, 0.25) is 0 Å². The van der Waals surface area contributed by atoms with Crippen LogP contribution in [0, 0.1) is 6.92 Å². The molecule has 0 aliphatic carbocycles. The SMILES string of the molecule is Cc1cc(Br)ccc1NS(=O)(=O)c1cnc(N)c(Cl)c1. The molecule has 0 fully saturated rings. The Morgan fingerprint density at radius 3 is 2.65 bits per heavy atom. The van der Waals surface area contributed by atoms with Gasteiger partial charge in [-0.05, 0) is 36.8 Å². The van der Waals surface area contributed by atoms with Gasteiger partial charge in [-0.3, -0.25) is 4.72 Å². The molecule has 0 atom stereocenters. The molecule has 2 rings (SSSR count). The molecule has 3 N–H and O–H groups in total. The van der Waals surface area contributed by atoms with Gasteiger partial charge >= 0.3 is 0 Å². The molecule has 5 nitrogen and oxygen atoms in total. The van der Waals surface area contributed by atoms with Crippen LogP contribution in [-0.2, 0) is 10.0 Å². The lowest BCUT2D eigenvalue weighted by molar-refractivity contribution is 0.601. The molecular weight excluding hydrogens is 366 g/mol. The molecule has 0 bridgehead atoms. The molecule has 106 valence electrons. The normalized spacial score (nSPS) is 11.3. The van der Waals surface area contributed by atoms with Crippen molar-refractivity contribution in [2.45, 2.75) is 11.8 Å². The van der Waals surface area contributed by atoms with E-state index < -0.39 is 10.0 Å². The quantitative estimate of drug-likeness (QED) is 0.861. The molecule has 0 aliphatic rings. The van der Waals surface area contributed by atoms with Gasteiger partial charge in [0.05, 0.1) is 10.7 Å². The Morgan fingerprint density at radius 1 is 1.35 bits per heavy atom. The summed E-state index contributed by atoms with van der Waals surface area (Å²) in [5, 5.41) is 0.0976. The lowest BCUT2D eigenvalue weighted by atomic mass is 10.2. The molecule has 1 aromatic heterocycles. The number of nitrogens with zero attached hydrogens (tertiary/aromatic N) is 1. The number of nitrogens with one attached hydrogen (secondary N) is 1. The third-order valence-electron chi connectivity index (χ3n) is 2.59. The summed E-state index contributed by atoms with van der Waals surface area (Å²) < 4.78 is 27.8. The highest BCUT2D eigenvalue weighted by atomic mass is 79.9. The molecule has 8 heteroatoms. The summed E-state index contributed by atoms with van der Waals surface area (Å²) in [7, 11) is -3.76. The van der Waals surface area contributed by atoms with Gasteiger partial charge in [0, 0.05) is 10.7 Å². The van der Waals surface area contributed by atoms with Crippen molar-refractivity contribution in [3.05, 3.63) is 45.5 Å². The summed E-state index contributed by atoms with van der Waals surface area (Å²) in [5.41, 5.74) is 6.74. The monoisotopic (exact) mass is 375 g/mol. The smallest absolute Gasteiger partial charge is 0.263 e. The van der Waals surface area contributed by atoms with Gasteiger partial charge in [-0.15, -0.1) is 0 Å². The summed E-state index contributed by atoms with van der Waals surface area (Å²) in [6, 6.07) is 6.49. The Morgan fingerprint density at radius 2 is 2.05 bits per heavy atom. The van der Waals surface area contributed by atoms with Crippen molar-refractivity contribution in [1.29, 1.82) is 0 Å². The van der Waals surface area contributed by atoms with E-state index in [0.29, 0.717) is 5.69 Å². The third-order valence-corrected chi connectivity index (χ3v) is 4.72. The number of sulfonamides is 1. The second-order valence-electron chi connectivity index (χ2n) is 4.10. The lowest BCUT2D eigenvalue weighted by Crippen LogP contribution is -2.14. The minimum atomic E-state index is -3.76. The zero-order valence-electron chi connectivity index (χ0n) is 10.4. The Bertz CT molecular complexity index is 765. The fraction of sp³-hybridized carbons (Fsp3) is 0.0833. The fourth-order valence-corrected chi connectivity index (χ4v) is 3.33. The van der Waals surface area contributed by atoms with Crippen molar-refractivity contribution >= 4 is 49.1 Å². The number of benzene rings is 1. The average molecular weight is 377 g/mol. The van der Waals surface area contributed by atoms with Crippen LogP contribution < -0.4 is 10.5 Å². The van der Waals surface area contributed by atoms with Crippen molar-refractivity contribution < 1.29 is 8.42 Å². The van der Waals surface area contributed by atoms with E-state index >= 15 is 0 Å². The maximum atomic E-state index is 12.2. The van der Waals surface area contributed by atoms with Crippen LogP contribution in [0.2, 0.25) is 5.02 Å². The molecule has 0 saturated carbocycles. The molecule has 1 heterocycles. The third kappa shape index (κ3) is 3.23. The Balaban J connectivity index is 2.38. The van der Waals surface area contributed by atoms with Crippen LogP contribution in [0.4, 0.5) is 11.5 Å². The number of nitrogens with two attached hydrogens (primary N) is 1. The summed E-state index contributed by atoms with van der Waals surface area (Å²) in [6.07, 6.45) is 1.16. The zero-order chi connectivity index (χ0) is 14.9. The first-order chi connectivity index (χ1) is 9.29. The first kappa shape index (κ1) is 15.1. The topological polar surface area (TPSA) is 85.1 Å². The van der Waals surface area contributed by atoms with Crippen LogP contribution in [0.15, 0.2) is 39.8 Å². The Labute approximate surface area is 130 Å². The van der Waals surface area contributed by atoms with E-state index in [9.17, 15) is 8.42 Å². The number of pyridine rings is 1. The molecule has 0 saturated heterocycles. The fourth-order valence-electron chi connectivity index (χ4n) is 1.52. The molecule has 1 aromatic carbocycles. The van der Waals surface area contributed by atoms with Crippen LogP contribution in [0.25, 0.3) is 0 Å². The molecule has 0 amide bonds. The van der Waals surface area contributed by atoms with E-state index in [1.807, 2.05) is 6.07 Å². The number of anilines is 2. The Kier molecular flexibility index (Phi) is 4.22. The highest BCUT2D eigenvalue weighted by molar-refractivity contribution is 9.10. The van der Waals surface area contributed by atoms with Gasteiger partial charge in [-0.25, -0.2) is 13.4 Å². The van der Waals surface area contributed by atoms with E-state index in [1.54, 1.807) is 19.1 Å². The highest BCUT2D eigenvalue weighted by Gasteiger charge is 2.17. The van der Waals surface area contributed by atoms with E-state index in [1.165, 1.54) is 6.07 Å². The highest BCUT2D eigenvalue weighted by Crippen LogP contribution is 2.25.